The summed E-state index contributed by atoms with van der Waals surface area (Å²) in [6, 6.07) is 19.1. The molecule has 3 aromatic rings. The van der Waals surface area contributed by atoms with Gasteiger partial charge in [0.05, 0.1) is 13.2 Å². The second-order valence-electron chi connectivity index (χ2n) is 9.86. The van der Waals surface area contributed by atoms with E-state index in [4.69, 9.17) is 11.6 Å². The average molecular weight is 617 g/mol. The van der Waals surface area contributed by atoms with Crippen molar-refractivity contribution in [2.24, 2.45) is 0 Å². The molecule has 1 aliphatic carbocycles. The minimum absolute atomic E-state index is 0.00749. The van der Waals surface area contributed by atoms with Crippen LogP contribution in [0.5, 0.6) is 0 Å². The van der Waals surface area contributed by atoms with Gasteiger partial charge in [0.2, 0.25) is 0 Å². The van der Waals surface area contributed by atoms with E-state index < -0.39 is 11.8 Å². The maximum atomic E-state index is 14.2. The number of hydrogen-bond donors (Lipinski definition) is 2. The molecule has 0 saturated heterocycles. The Balaban J connectivity index is 1.31. The van der Waals surface area contributed by atoms with Crippen LogP contribution in [0.2, 0.25) is 5.02 Å². The molecule has 9 heteroatoms. The molecule has 6 nitrogen and oxygen atoms in total. The molecular formula is C30H32BrClFN3O3. The Morgan fingerprint density at radius 3 is 2.33 bits per heavy atom. The van der Waals surface area contributed by atoms with Crippen molar-refractivity contribution < 1.29 is 19.1 Å². The van der Waals surface area contributed by atoms with Crippen LogP contribution in [0, 0.1) is 5.82 Å². The summed E-state index contributed by atoms with van der Waals surface area (Å²) in [4.78, 5) is 29.0. The van der Waals surface area contributed by atoms with E-state index in [-0.39, 0.29) is 31.6 Å². The summed E-state index contributed by atoms with van der Waals surface area (Å²) in [5.74, 6) is -0.0166. The molecule has 0 aliphatic heterocycles. The number of carbonyl (C=O) groups excluding carboxylic acids is 2. The Bertz CT molecular complexity index is 1280. The number of benzene rings is 3. The van der Waals surface area contributed by atoms with Gasteiger partial charge in [-0.15, -0.1) is 0 Å². The van der Waals surface area contributed by atoms with Crippen molar-refractivity contribution >= 4 is 45.2 Å². The number of halogens is 3. The second-order valence-corrected chi connectivity index (χ2v) is 11.2. The fourth-order valence-corrected chi connectivity index (χ4v) is 5.58. The van der Waals surface area contributed by atoms with Gasteiger partial charge in [-0.25, -0.2) is 9.18 Å². The normalized spacial score (nSPS) is 16.9. The first-order valence-electron chi connectivity index (χ1n) is 13.0. The first-order valence-corrected chi connectivity index (χ1v) is 14.2. The van der Waals surface area contributed by atoms with Crippen LogP contribution in [-0.2, 0) is 6.54 Å². The lowest BCUT2D eigenvalue weighted by Gasteiger charge is -2.35. The third kappa shape index (κ3) is 7.59. The molecule has 0 bridgehead atoms. The lowest BCUT2D eigenvalue weighted by Crippen LogP contribution is -2.39. The smallest absolute Gasteiger partial charge is 0.322 e. The monoisotopic (exact) mass is 615 g/mol. The van der Waals surface area contributed by atoms with E-state index in [1.165, 1.54) is 16.5 Å². The predicted molar refractivity (Wildman–Crippen MR) is 156 cm³/mol. The van der Waals surface area contributed by atoms with Gasteiger partial charge >= 0.3 is 6.03 Å². The van der Waals surface area contributed by atoms with Gasteiger partial charge < -0.3 is 20.2 Å². The summed E-state index contributed by atoms with van der Waals surface area (Å²) in [7, 11) is 1.87. The van der Waals surface area contributed by atoms with Crippen molar-refractivity contribution in [1.29, 1.82) is 0 Å². The van der Waals surface area contributed by atoms with Crippen LogP contribution in [0.3, 0.4) is 0 Å². The number of anilines is 1. The van der Waals surface area contributed by atoms with E-state index in [1.807, 2.05) is 36.2 Å². The van der Waals surface area contributed by atoms with E-state index >= 15 is 0 Å². The Morgan fingerprint density at radius 2 is 1.69 bits per heavy atom. The molecule has 1 fully saturated rings. The van der Waals surface area contributed by atoms with Gasteiger partial charge in [-0.05, 0) is 91.8 Å². The van der Waals surface area contributed by atoms with Crippen molar-refractivity contribution in [3.8, 4) is 0 Å². The molecular weight excluding hydrogens is 585 g/mol. The fourth-order valence-electron chi connectivity index (χ4n) is 5.04. The number of nitrogens with one attached hydrogen (secondary N) is 1. The predicted octanol–water partition coefficient (Wildman–Crippen LogP) is 7.07. The number of amides is 3. The van der Waals surface area contributed by atoms with E-state index in [2.05, 4.69) is 21.2 Å². The zero-order chi connectivity index (χ0) is 27.9. The van der Waals surface area contributed by atoms with Crippen molar-refractivity contribution in [3.05, 3.63) is 98.7 Å². The van der Waals surface area contributed by atoms with Gasteiger partial charge in [-0.3, -0.25) is 4.79 Å². The number of aliphatic hydroxyl groups is 1. The molecule has 0 radical (unpaired) electrons. The molecule has 3 aromatic carbocycles. The zero-order valence-electron chi connectivity index (χ0n) is 21.7. The molecule has 0 unspecified atom stereocenters. The molecule has 1 aliphatic rings. The van der Waals surface area contributed by atoms with Gasteiger partial charge in [0, 0.05) is 45.9 Å². The molecule has 39 heavy (non-hydrogen) atoms. The summed E-state index contributed by atoms with van der Waals surface area (Å²) in [5, 5.41) is 12.9. The molecule has 0 atom stereocenters. The van der Waals surface area contributed by atoms with Crippen LogP contribution in [-0.4, -0.2) is 53.1 Å². The third-order valence-electron chi connectivity index (χ3n) is 7.32. The molecule has 1 saturated carbocycles. The minimum Gasteiger partial charge on any atom is -0.395 e. The van der Waals surface area contributed by atoms with Crippen LogP contribution in [0.15, 0.2) is 71.2 Å². The Morgan fingerprint density at radius 1 is 1.03 bits per heavy atom. The first-order chi connectivity index (χ1) is 18.7. The quantitative estimate of drug-likeness (QED) is 0.285. The number of carbonyl (C=O) groups is 2. The van der Waals surface area contributed by atoms with Crippen LogP contribution in [0.4, 0.5) is 14.9 Å². The highest BCUT2D eigenvalue weighted by molar-refractivity contribution is 9.10. The highest BCUT2D eigenvalue weighted by Gasteiger charge is 2.28. The number of hydrogen-bond acceptors (Lipinski definition) is 3. The lowest BCUT2D eigenvalue weighted by molar-refractivity contribution is 0.0689. The molecule has 0 spiro atoms. The maximum Gasteiger partial charge on any atom is 0.322 e. The average Bonchev–Trinajstić information content (AvgIpc) is 2.95. The van der Waals surface area contributed by atoms with Gasteiger partial charge in [-0.2, -0.15) is 0 Å². The highest BCUT2D eigenvalue weighted by Crippen LogP contribution is 2.35. The Kier molecular flexibility index (Phi) is 9.99. The van der Waals surface area contributed by atoms with Crippen molar-refractivity contribution in [2.45, 2.75) is 44.2 Å². The summed E-state index contributed by atoms with van der Waals surface area (Å²) >= 11 is 9.28. The van der Waals surface area contributed by atoms with Gasteiger partial charge in [0.25, 0.3) is 5.91 Å². The first kappa shape index (κ1) is 29.1. The molecule has 4 rings (SSSR count). The molecule has 0 aromatic heterocycles. The topological polar surface area (TPSA) is 72.9 Å². The summed E-state index contributed by atoms with van der Waals surface area (Å²) < 4.78 is 14.9. The van der Waals surface area contributed by atoms with Crippen molar-refractivity contribution in [1.82, 2.24) is 9.80 Å². The molecule has 2 N–H and O–H groups in total. The van der Waals surface area contributed by atoms with Crippen LogP contribution in [0.1, 0.15) is 53.1 Å². The van der Waals surface area contributed by atoms with Crippen molar-refractivity contribution in [2.75, 3.05) is 25.5 Å². The SMILES string of the molecule is CN(C(=O)c1ccc(Cl)cc1)C1CCC(c2ccc(NC(=O)N(CCO)Cc3cc(Br)ccc3F)cc2)CC1. The fraction of sp³-hybridized carbons (Fsp3) is 0.333. The van der Waals surface area contributed by atoms with E-state index in [0.717, 1.165) is 25.7 Å². The molecule has 206 valence electrons. The molecule has 3 amide bonds. The highest BCUT2D eigenvalue weighted by atomic mass is 79.9. The van der Waals surface area contributed by atoms with Crippen molar-refractivity contribution in [3.63, 3.8) is 0 Å². The van der Waals surface area contributed by atoms with Crippen LogP contribution in [0.25, 0.3) is 0 Å². The van der Waals surface area contributed by atoms with Gasteiger partial charge in [-0.1, -0.05) is 39.7 Å². The Hall–Kier alpha value is -2.94. The minimum atomic E-state index is -0.412. The Labute approximate surface area is 241 Å². The zero-order valence-corrected chi connectivity index (χ0v) is 24.1. The third-order valence-corrected chi connectivity index (χ3v) is 8.06. The number of aliphatic hydroxyl groups excluding tert-OH is 1. The van der Waals surface area contributed by atoms with E-state index in [1.54, 1.807) is 36.4 Å². The maximum absolute atomic E-state index is 14.2. The second kappa shape index (κ2) is 13.4. The summed E-state index contributed by atoms with van der Waals surface area (Å²) in [5.41, 5.74) is 2.82. The van der Waals surface area contributed by atoms with Crippen LogP contribution < -0.4 is 5.32 Å². The summed E-state index contributed by atoms with van der Waals surface area (Å²) in [6.07, 6.45) is 3.77. The van der Waals surface area contributed by atoms with E-state index in [9.17, 15) is 19.1 Å². The number of urea groups is 1. The standard InChI is InChI=1S/C30H32BrClFN3O3/c1-35(29(38)22-2-9-25(32)10-3-22)27-13-6-21(7-14-27)20-4-11-26(12-5-20)34-30(39)36(16-17-37)19-23-18-24(31)8-15-28(23)33/h2-5,8-12,15,18,21,27,37H,6-7,13-14,16-17,19H2,1H3,(H,34,39). The van der Waals surface area contributed by atoms with E-state index in [0.29, 0.717) is 32.2 Å². The van der Waals surface area contributed by atoms with Crippen LogP contribution >= 0.6 is 27.5 Å². The lowest BCUT2D eigenvalue weighted by atomic mass is 9.81. The number of rotatable bonds is 8. The largest absolute Gasteiger partial charge is 0.395 e. The van der Waals surface area contributed by atoms with Gasteiger partial charge in [0.1, 0.15) is 5.82 Å². The number of nitrogens with zero attached hydrogens (tertiary/aromatic N) is 2. The molecule has 0 heterocycles. The summed E-state index contributed by atoms with van der Waals surface area (Å²) in [6.45, 7) is -0.118. The van der Waals surface area contributed by atoms with Gasteiger partial charge in [0.15, 0.2) is 0 Å².